The van der Waals surface area contributed by atoms with Gasteiger partial charge in [0.25, 0.3) is 0 Å². The largest absolute Gasteiger partial charge is 0.375 e. The molecule has 0 aliphatic carbocycles. The van der Waals surface area contributed by atoms with Gasteiger partial charge in [0.1, 0.15) is 0 Å². The van der Waals surface area contributed by atoms with Crippen LogP contribution >= 0.6 is 23.2 Å². The van der Waals surface area contributed by atoms with Crippen LogP contribution in [0, 0.1) is 10.1 Å². The molecule has 1 unspecified atom stereocenters. The Hall–Kier alpha value is -1.85. The van der Waals surface area contributed by atoms with Gasteiger partial charge in [-0.1, -0.05) is 29.3 Å². The average molecular weight is 312 g/mol. The summed E-state index contributed by atoms with van der Waals surface area (Å²) in [6, 6.07) is 8.13. The number of nitro groups is 1. The third-order valence-electron chi connectivity index (χ3n) is 2.75. The van der Waals surface area contributed by atoms with Crippen molar-refractivity contribution < 1.29 is 4.92 Å². The molecule has 1 aromatic carbocycles. The Morgan fingerprint density at radius 1 is 1.30 bits per heavy atom. The highest BCUT2D eigenvalue weighted by atomic mass is 35.5. The number of hydrogen-bond donors (Lipinski definition) is 1. The van der Waals surface area contributed by atoms with E-state index in [4.69, 9.17) is 23.2 Å². The molecule has 104 valence electrons. The van der Waals surface area contributed by atoms with Gasteiger partial charge >= 0.3 is 5.82 Å². The standard InChI is InChI=1S/C13H11Cl2N3O2/c1-8(11-4-2-9(14)6-12(11)15)17-10-3-5-13(16-7-10)18(19)20/h2-8,17H,1H3. The maximum absolute atomic E-state index is 10.5. The fourth-order valence-corrected chi connectivity index (χ4v) is 2.33. The Balaban J connectivity index is 2.14. The Kier molecular flexibility index (Phi) is 4.42. The van der Waals surface area contributed by atoms with Crippen molar-refractivity contribution in [3.8, 4) is 0 Å². The first-order valence-corrected chi connectivity index (χ1v) is 6.55. The molecular formula is C13H11Cl2N3O2. The van der Waals surface area contributed by atoms with Crippen molar-refractivity contribution in [2.45, 2.75) is 13.0 Å². The van der Waals surface area contributed by atoms with Crippen LogP contribution in [-0.2, 0) is 0 Å². The smallest absolute Gasteiger partial charge is 0.363 e. The maximum Gasteiger partial charge on any atom is 0.363 e. The zero-order chi connectivity index (χ0) is 14.7. The fourth-order valence-electron chi connectivity index (χ4n) is 1.76. The molecule has 0 amide bonds. The summed E-state index contributed by atoms with van der Waals surface area (Å²) in [5, 5.41) is 14.8. The van der Waals surface area contributed by atoms with Crippen molar-refractivity contribution in [2.75, 3.05) is 5.32 Å². The summed E-state index contributed by atoms with van der Waals surface area (Å²) in [7, 11) is 0. The minimum Gasteiger partial charge on any atom is -0.375 e. The third kappa shape index (κ3) is 3.37. The molecule has 0 fully saturated rings. The lowest BCUT2D eigenvalue weighted by Crippen LogP contribution is -2.07. The van der Waals surface area contributed by atoms with E-state index in [1.54, 1.807) is 18.2 Å². The number of rotatable bonds is 4. The topological polar surface area (TPSA) is 68.1 Å². The van der Waals surface area contributed by atoms with Crippen LogP contribution in [0.2, 0.25) is 10.0 Å². The molecule has 0 radical (unpaired) electrons. The molecule has 0 spiro atoms. The average Bonchev–Trinajstić information content (AvgIpc) is 2.39. The van der Waals surface area contributed by atoms with E-state index in [-0.39, 0.29) is 11.9 Å². The molecule has 20 heavy (non-hydrogen) atoms. The first-order chi connectivity index (χ1) is 9.47. The van der Waals surface area contributed by atoms with Gasteiger partial charge in [0, 0.05) is 16.1 Å². The second kappa shape index (κ2) is 6.07. The van der Waals surface area contributed by atoms with Gasteiger partial charge in [0.15, 0.2) is 6.20 Å². The second-order valence-electron chi connectivity index (χ2n) is 4.19. The number of aromatic nitrogens is 1. The van der Waals surface area contributed by atoms with Gasteiger partial charge in [-0.15, -0.1) is 0 Å². The first-order valence-electron chi connectivity index (χ1n) is 5.79. The monoisotopic (exact) mass is 311 g/mol. The molecule has 2 rings (SSSR count). The molecule has 0 saturated heterocycles. The molecule has 0 saturated carbocycles. The zero-order valence-electron chi connectivity index (χ0n) is 10.5. The quantitative estimate of drug-likeness (QED) is 0.668. The van der Waals surface area contributed by atoms with Crippen LogP contribution in [0.5, 0.6) is 0 Å². The van der Waals surface area contributed by atoms with E-state index in [2.05, 4.69) is 10.3 Å². The molecule has 0 aliphatic rings. The summed E-state index contributed by atoms with van der Waals surface area (Å²) in [6.07, 6.45) is 1.42. The Morgan fingerprint density at radius 3 is 2.60 bits per heavy atom. The van der Waals surface area contributed by atoms with Crippen LogP contribution in [0.25, 0.3) is 0 Å². The number of anilines is 1. The molecular weight excluding hydrogens is 301 g/mol. The van der Waals surface area contributed by atoms with Crippen molar-refractivity contribution >= 4 is 34.7 Å². The fraction of sp³-hybridized carbons (Fsp3) is 0.154. The van der Waals surface area contributed by atoms with Crippen molar-refractivity contribution in [1.29, 1.82) is 0 Å². The van der Waals surface area contributed by atoms with Crippen LogP contribution < -0.4 is 5.32 Å². The van der Waals surface area contributed by atoms with E-state index in [1.165, 1.54) is 12.3 Å². The SMILES string of the molecule is CC(Nc1ccc([N+](=O)[O-])nc1)c1ccc(Cl)cc1Cl. The molecule has 1 aromatic heterocycles. The summed E-state index contributed by atoms with van der Waals surface area (Å²) in [5.41, 5.74) is 1.56. The van der Waals surface area contributed by atoms with Gasteiger partial charge in [-0.3, -0.25) is 0 Å². The van der Waals surface area contributed by atoms with Gasteiger partial charge in [-0.05, 0) is 40.6 Å². The maximum atomic E-state index is 10.5. The van der Waals surface area contributed by atoms with Crippen LogP contribution in [0.1, 0.15) is 18.5 Å². The van der Waals surface area contributed by atoms with Crippen LogP contribution in [0.15, 0.2) is 36.5 Å². The van der Waals surface area contributed by atoms with E-state index in [9.17, 15) is 10.1 Å². The molecule has 5 nitrogen and oxygen atoms in total. The van der Waals surface area contributed by atoms with Crippen LogP contribution in [0.4, 0.5) is 11.5 Å². The van der Waals surface area contributed by atoms with E-state index < -0.39 is 4.92 Å². The van der Waals surface area contributed by atoms with Crippen LogP contribution in [0.3, 0.4) is 0 Å². The number of halogens is 2. The van der Waals surface area contributed by atoms with Gasteiger partial charge in [0.2, 0.25) is 0 Å². The van der Waals surface area contributed by atoms with Gasteiger partial charge < -0.3 is 15.4 Å². The van der Waals surface area contributed by atoms with E-state index in [1.807, 2.05) is 13.0 Å². The van der Waals surface area contributed by atoms with Gasteiger partial charge in [0.05, 0.1) is 11.7 Å². The number of pyridine rings is 1. The van der Waals surface area contributed by atoms with E-state index >= 15 is 0 Å². The summed E-state index contributed by atoms with van der Waals surface area (Å²) in [4.78, 5) is 13.7. The molecule has 2 aromatic rings. The molecule has 0 aliphatic heterocycles. The lowest BCUT2D eigenvalue weighted by molar-refractivity contribution is -0.389. The lowest BCUT2D eigenvalue weighted by Gasteiger charge is -2.16. The van der Waals surface area contributed by atoms with E-state index in [0.717, 1.165) is 5.56 Å². The molecule has 7 heteroatoms. The van der Waals surface area contributed by atoms with Gasteiger partial charge in [-0.25, -0.2) is 0 Å². The van der Waals surface area contributed by atoms with Crippen LogP contribution in [-0.4, -0.2) is 9.91 Å². The van der Waals surface area contributed by atoms with Crippen molar-refractivity contribution in [2.24, 2.45) is 0 Å². The Labute approximate surface area is 125 Å². The molecule has 0 bridgehead atoms. The Bertz CT molecular complexity index is 632. The van der Waals surface area contributed by atoms with Crippen molar-refractivity contribution in [3.05, 3.63) is 62.3 Å². The highest BCUT2D eigenvalue weighted by molar-refractivity contribution is 6.35. The highest BCUT2D eigenvalue weighted by Gasteiger charge is 2.12. The first kappa shape index (κ1) is 14.6. The minimum atomic E-state index is -0.538. The van der Waals surface area contributed by atoms with Crippen molar-refractivity contribution in [3.63, 3.8) is 0 Å². The van der Waals surface area contributed by atoms with Gasteiger partial charge in [-0.2, -0.15) is 0 Å². The van der Waals surface area contributed by atoms with Crippen molar-refractivity contribution in [1.82, 2.24) is 4.98 Å². The summed E-state index contributed by atoms with van der Waals surface area (Å²) < 4.78 is 0. The predicted molar refractivity (Wildman–Crippen MR) is 79.4 cm³/mol. The molecule has 1 atom stereocenters. The number of nitrogens with zero attached hydrogens (tertiary/aromatic N) is 2. The number of nitrogens with one attached hydrogen (secondary N) is 1. The van der Waals surface area contributed by atoms with E-state index in [0.29, 0.717) is 15.7 Å². The predicted octanol–water partition coefficient (Wildman–Crippen LogP) is 4.47. The molecule has 1 heterocycles. The minimum absolute atomic E-state index is 0.0805. The summed E-state index contributed by atoms with van der Waals surface area (Å²) in [6.45, 7) is 1.93. The molecule has 1 N–H and O–H groups in total. The lowest BCUT2D eigenvalue weighted by atomic mass is 10.1. The zero-order valence-corrected chi connectivity index (χ0v) is 12.0. The number of hydrogen-bond acceptors (Lipinski definition) is 4. The Morgan fingerprint density at radius 2 is 2.05 bits per heavy atom. The summed E-state index contributed by atoms with van der Waals surface area (Å²) in [5.74, 6) is -0.187. The number of benzene rings is 1. The summed E-state index contributed by atoms with van der Waals surface area (Å²) >= 11 is 12.0. The normalized spacial score (nSPS) is 11.9. The third-order valence-corrected chi connectivity index (χ3v) is 3.31. The highest BCUT2D eigenvalue weighted by Crippen LogP contribution is 2.28. The second-order valence-corrected chi connectivity index (χ2v) is 5.04.